The third kappa shape index (κ3) is 4.96. The Morgan fingerprint density at radius 1 is 1.15 bits per heavy atom. The zero-order chi connectivity index (χ0) is 19.3. The lowest BCUT2D eigenvalue weighted by atomic mass is 9.94. The SMILES string of the molecule is CCCCCCCC1(C)NC(=O)N(CC(=O)N2CC(C)OC(C)C2)C1=O. The molecule has 7 nitrogen and oxygen atoms in total. The molecule has 4 amide bonds. The second-order valence-electron chi connectivity index (χ2n) is 7.87. The average Bonchev–Trinajstić information content (AvgIpc) is 2.77. The lowest BCUT2D eigenvalue weighted by Crippen LogP contribution is -2.52. The molecule has 0 radical (unpaired) electrons. The monoisotopic (exact) mass is 367 g/mol. The Hall–Kier alpha value is -1.63. The zero-order valence-corrected chi connectivity index (χ0v) is 16.5. The number of morpholine rings is 1. The van der Waals surface area contributed by atoms with Gasteiger partial charge in [-0.15, -0.1) is 0 Å². The van der Waals surface area contributed by atoms with Gasteiger partial charge in [-0.2, -0.15) is 0 Å². The van der Waals surface area contributed by atoms with Gasteiger partial charge in [0.2, 0.25) is 5.91 Å². The van der Waals surface area contributed by atoms with E-state index in [1.165, 1.54) is 12.8 Å². The fourth-order valence-corrected chi connectivity index (χ4v) is 3.76. The summed E-state index contributed by atoms with van der Waals surface area (Å²) in [7, 11) is 0. The van der Waals surface area contributed by atoms with Crippen LogP contribution >= 0.6 is 0 Å². The maximum Gasteiger partial charge on any atom is 0.325 e. The van der Waals surface area contributed by atoms with Gasteiger partial charge in [-0.25, -0.2) is 4.79 Å². The minimum absolute atomic E-state index is 0.0424. The van der Waals surface area contributed by atoms with E-state index < -0.39 is 11.6 Å². The quantitative estimate of drug-likeness (QED) is 0.527. The molecule has 0 spiro atoms. The molecule has 0 saturated carbocycles. The van der Waals surface area contributed by atoms with Crippen LogP contribution in [0.3, 0.4) is 0 Å². The highest BCUT2D eigenvalue weighted by atomic mass is 16.5. The number of unbranched alkanes of at least 4 members (excludes halogenated alkanes) is 4. The summed E-state index contributed by atoms with van der Waals surface area (Å²) >= 11 is 0. The number of amides is 4. The van der Waals surface area contributed by atoms with Crippen LogP contribution in [-0.4, -0.2) is 65.0 Å². The Morgan fingerprint density at radius 3 is 2.38 bits per heavy atom. The van der Waals surface area contributed by atoms with E-state index in [1.807, 2.05) is 13.8 Å². The van der Waals surface area contributed by atoms with Gasteiger partial charge in [-0.05, 0) is 27.2 Å². The first-order chi connectivity index (χ1) is 12.3. The van der Waals surface area contributed by atoms with Crippen LogP contribution in [0.4, 0.5) is 4.79 Å². The maximum atomic E-state index is 12.8. The summed E-state index contributed by atoms with van der Waals surface area (Å²) in [5.41, 5.74) is -0.894. The summed E-state index contributed by atoms with van der Waals surface area (Å²) in [6, 6.07) is -0.464. The fourth-order valence-electron chi connectivity index (χ4n) is 3.76. The van der Waals surface area contributed by atoms with Crippen LogP contribution in [0.1, 0.15) is 66.2 Å². The molecule has 7 heteroatoms. The summed E-state index contributed by atoms with van der Waals surface area (Å²) < 4.78 is 5.63. The minimum Gasteiger partial charge on any atom is -0.372 e. The van der Waals surface area contributed by atoms with Gasteiger partial charge in [0.05, 0.1) is 12.2 Å². The van der Waals surface area contributed by atoms with Crippen molar-refractivity contribution in [3.8, 4) is 0 Å². The van der Waals surface area contributed by atoms with Gasteiger partial charge in [-0.1, -0.05) is 39.0 Å². The molecule has 2 fully saturated rings. The zero-order valence-electron chi connectivity index (χ0n) is 16.5. The van der Waals surface area contributed by atoms with Crippen LogP contribution in [0.2, 0.25) is 0 Å². The molecule has 2 aliphatic heterocycles. The molecular formula is C19H33N3O4. The van der Waals surface area contributed by atoms with E-state index in [0.717, 1.165) is 24.2 Å². The summed E-state index contributed by atoms with van der Waals surface area (Å²) in [6.45, 7) is 8.53. The molecule has 1 N–H and O–H groups in total. The normalized spacial score (nSPS) is 29.2. The molecule has 148 valence electrons. The van der Waals surface area contributed by atoms with Gasteiger partial charge < -0.3 is 15.0 Å². The van der Waals surface area contributed by atoms with Gasteiger partial charge in [0.1, 0.15) is 12.1 Å². The molecule has 3 unspecified atom stereocenters. The van der Waals surface area contributed by atoms with E-state index in [-0.39, 0.29) is 30.6 Å². The fraction of sp³-hybridized carbons (Fsp3) is 0.842. The molecule has 0 bridgehead atoms. The molecular weight excluding hydrogens is 334 g/mol. The van der Waals surface area contributed by atoms with E-state index >= 15 is 0 Å². The van der Waals surface area contributed by atoms with Crippen molar-refractivity contribution in [2.45, 2.75) is 84.0 Å². The summed E-state index contributed by atoms with van der Waals surface area (Å²) in [5, 5.41) is 2.79. The van der Waals surface area contributed by atoms with E-state index in [4.69, 9.17) is 4.74 Å². The van der Waals surface area contributed by atoms with Crippen molar-refractivity contribution in [1.29, 1.82) is 0 Å². The standard InChI is InChI=1S/C19H33N3O4/c1-5-6-7-8-9-10-19(4)17(24)22(18(25)20-19)13-16(23)21-11-14(2)26-15(3)12-21/h14-15H,5-13H2,1-4H3,(H,20,25). The molecule has 0 aromatic heterocycles. The van der Waals surface area contributed by atoms with E-state index in [1.54, 1.807) is 11.8 Å². The molecule has 0 aromatic rings. The number of carbonyl (C=O) groups is 3. The number of ether oxygens (including phenoxy) is 1. The molecule has 2 rings (SSSR count). The summed E-state index contributed by atoms with van der Waals surface area (Å²) in [5.74, 6) is -0.497. The Labute approximate surface area is 156 Å². The first-order valence-electron chi connectivity index (χ1n) is 9.84. The van der Waals surface area contributed by atoms with Crippen LogP contribution in [0.25, 0.3) is 0 Å². The largest absolute Gasteiger partial charge is 0.372 e. The van der Waals surface area contributed by atoms with Crippen molar-refractivity contribution in [3.05, 3.63) is 0 Å². The second kappa shape index (κ2) is 8.84. The minimum atomic E-state index is -0.894. The highest BCUT2D eigenvalue weighted by Gasteiger charge is 2.48. The van der Waals surface area contributed by atoms with Crippen molar-refractivity contribution in [3.63, 3.8) is 0 Å². The predicted molar refractivity (Wildman–Crippen MR) is 98.6 cm³/mol. The Balaban J connectivity index is 1.90. The number of nitrogens with zero attached hydrogens (tertiary/aromatic N) is 2. The number of urea groups is 1. The molecule has 2 heterocycles. The number of carbonyl (C=O) groups excluding carboxylic acids is 3. The maximum absolute atomic E-state index is 12.8. The van der Waals surface area contributed by atoms with Crippen molar-refractivity contribution in [2.75, 3.05) is 19.6 Å². The third-order valence-corrected chi connectivity index (χ3v) is 5.19. The first kappa shape index (κ1) is 20.7. The third-order valence-electron chi connectivity index (χ3n) is 5.19. The van der Waals surface area contributed by atoms with Crippen molar-refractivity contribution in [1.82, 2.24) is 15.1 Å². The number of hydrogen-bond acceptors (Lipinski definition) is 4. The topological polar surface area (TPSA) is 79.0 Å². The summed E-state index contributed by atoms with van der Waals surface area (Å²) in [6.07, 6.45) is 5.97. The van der Waals surface area contributed by atoms with Crippen molar-refractivity contribution >= 4 is 17.8 Å². The first-order valence-corrected chi connectivity index (χ1v) is 9.84. The van der Waals surface area contributed by atoms with E-state index in [2.05, 4.69) is 12.2 Å². The van der Waals surface area contributed by atoms with Gasteiger partial charge in [0.15, 0.2) is 0 Å². The summed E-state index contributed by atoms with van der Waals surface area (Å²) in [4.78, 5) is 40.4. The lowest BCUT2D eigenvalue weighted by molar-refractivity contribution is -0.146. The highest BCUT2D eigenvalue weighted by molar-refractivity contribution is 6.08. The molecule has 2 saturated heterocycles. The molecule has 0 aliphatic carbocycles. The van der Waals surface area contributed by atoms with Gasteiger partial charge in [0.25, 0.3) is 5.91 Å². The van der Waals surface area contributed by atoms with E-state index in [9.17, 15) is 14.4 Å². The van der Waals surface area contributed by atoms with Gasteiger partial charge in [-0.3, -0.25) is 14.5 Å². The van der Waals surface area contributed by atoms with Gasteiger partial charge in [0, 0.05) is 13.1 Å². The average molecular weight is 367 g/mol. The highest BCUT2D eigenvalue weighted by Crippen LogP contribution is 2.24. The Bertz CT molecular complexity index is 529. The van der Waals surface area contributed by atoms with Crippen LogP contribution < -0.4 is 5.32 Å². The van der Waals surface area contributed by atoms with Crippen LogP contribution in [-0.2, 0) is 14.3 Å². The number of imide groups is 1. The molecule has 3 atom stereocenters. The predicted octanol–water partition coefficient (Wildman–Crippen LogP) is 2.29. The van der Waals surface area contributed by atoms with Crippen LogP contribution in [0.15, 0.2) is 0 Å². The second-order valence-corrected chi connectivity index (χ2v) is 7.87. The number of hydrogen-bond donors (Lipinski definition) is 1. The van der Waals surface area contributed by atoms with Crippen LogP contribution in [0, 0.1) is 0 Å². The number of rotatable bonds is 8. The van der Waals surface area contributed by atoms with E-state index in [0.29, 0.717) is 19.5 Å². The molecule has 0 aromatic carbocycles. The van der Waals surface area contributed by atoms with Crippen molar-refractivity contribution in [2.24, 2.45) is 0 Å². The Kier molecular flexibility index (Phi) is 7.03. The van der Waals surface area contributed by atoms with Crippen LogP contribution in [0.5, 0.6) is 0 Å². The van der Waals surface area contributed by atoms with Crippen molar-refractivity contribution < 1.29 is 19.1 Å². The lowest BCUT2D eigenvalue weighted by Gasteiger charge is -2.35. The molecule has 26 heavy (non-hydrogen) atoms. The van der Waals surface area contributed by atoms with Gasteiger partial charge >= 0.3 is 6.03 Å². The number of nitrogens with one attached hydrogen (secondary N) is 1. The smallest absolute Gasteiger partial charge is 0.325 e. The Morgan fingerprint density at radius 2 is 1.77 bits per heavy atom. The molecule has 2 aliphatic rings.